The summed E-state index contributed by atoms with van der Waals surface area (Å²) in [5.74, 6) is 0.321. The third-order valence-corrected chi connectivity index (χ3v) is 2.99. The third-order valence-electron chi connectivity index (χ3n) is 2.99. The van der Waals surface area contributed by atoms with E-state index in [1.54, 1.807) is 6.20 Å². The van der Waals surface area contributed by atoms with Crippen LogP contribution in [0.3, 0.4) is 0 Å². The quantitative estimate of drug-likeness (QED) is 0.768. The molecular formula is C15H11N5. The van der Waals surface area contributed by atoms with Crippen LogP contribution in [0.4, 0.5) is 5.82 Å². The average Bonchev–Trinajstić information content (AvgIpc) is 2.89. The van der Waals surface area contributed by atoms with Crippen LogP contribution in [0, 0.1) is 11.3 Å². The summed E-state index contributed by atoms with van der Waals surface area (Å²) < 4.78 is 1.50. The molecule has 0 atom stereocenters. The lowest BCUT2D eigenvalue weighted by Gasteiger charge is -2.05. The highest BCUT2D eigenvalue weighted by Crippen LogP contribution is 2.20. The highest BCUT2D eigenvalue weighted by atomic mass is 15.3. The molecule has 0 aliphatic heterocycles. The summed E-state index contributed by atoms with van der Waals surface area (Å²) in [5, 5.41) is 13.0. The molecule has 2 N–H and O–H groups in total. The van der Waals surface area contributed by atoms with Crippen molar-refractivity contribution in [3.8, 4) is 23.0 Å². The minimum atomic E-state index is 0.321. The van der Waals surface area contributed by atoms with Crippen LogP contribution in [0.15, 0.2) is 54.9 Å². The molecule has 5 nitrogen and oxygen atoms in total. The van der Waals surface area contributed by atoms with Crippen molar-refractivity contribution in [1.29, 1.82) is 5.26 Å². The van der Waals surface area contributed by atoms with Crippen LogP contribution < -0.4 is 5.73 Å². The first kappa shape index (κ1) is 11.9. The van der Waals surface area contributed by atoms with E-state index in [9.17, 15) is 0 Å². The molecule has 2 aromatic heterocycles. The Morgan fingerprint density at radius 1 is 1.05 bits per heavy atom. The van der Waals surface area contributed by atoms with Crippen LogP contribution in [0.2, 0.25) is 0 Å². The number of nitriles is 1. The molecule has 20 heavy (non-hydrogen) atoms. The van der Waals surface area contributed by atoms with Crippen molar-refractivity contribution in [3.63, 3.8) is 0 Å². The fourth-order valence-electron chi connectivity index (χ4n) is 1.94. The highest BCUT2D eigenvalue weighted by Gasteiger charge is 2.08. The van der Waals surface area contributed by atoms with Gasteiger partial charge in [0, 0.05) is 5.56 Å². The summed E-state index contributed by atoms with van der Waals surface area (Å²) in [6.07, 6.45) is 3.13. The van der Waals surface area contributed by atoms with E-state index in [4.69, 9.17) is 11.0 Å². The highest BCUT2D eigenvalue weighted by molar-refractivity contribution is 5.60. The monoisotopic (exact) mass is 261 g/mol. The number of hydrogen-bond acceptors (Lipinski definition) is 4. The van der Waals surface area contributed by atoms with Crippen LogP contribution in [0.1, 0.15) is 5.56 Å². The number of benzene rings is 1. The lowest BCUT2D eigenvalue weighted by molar-refractivity contribution is 0.885. The van der Waals surface area contributed by atoms with Crippen molar-refractivity contribution in [2.24, 2.45) is 0 Å². The van der Waals surface area contributed by atoms with Crippen molar-refractivity contribution in [1.82, 2.24) is 14.8 Å². The molecule has 0 amide bonds. The summed E-state index contributed by atoms with van der Waals surface area (Å²) in [5.41, 5.74) is 8.85. The molecule has 0 fully saturated rings. The second kappa shape index (κ2) is 4.86. The Kier molecular flexibility index (Phi) is 2.90. The second-order valence-corrected chi connectivity index (χ2v) is 4.23. The molecule has 0 bridgehead atoms. The smallest absolute Gasteiger partial charge is 0.145 e. The van der Waals surface area contributed by atoms with Gasteiger partial charge in [0.1, 0.15) is 17.5 Å². The number of rotatable bonds is 2. The van der Waals surface area contributed by atoms with Gasteiger partial charge < -0.3 is 5.73 Å². The maximum Gasteiger partial charge on any atom is 0.145 e. The molecule has 0 saturated carbocycles. The van der Waals surface area contributed by atoms with E-state index in [0.29, 0.717) is 11.4 Å². The zero-order valence-electron chi connectivity index (χ0n) is 10.6. The van der Waals surface area contributed by atoms with Crippen LogP contribution >= 0.6 is 0 Å². The lowest BCUT2D eigenvalue weighted by atomic mass is 10.1. The minimum absolute atomic E-state index is 0.321. The number of aromatic nitrogens is 3. The van der Waals surface area contributed by atoms with E-state index in [1.165, 1.54) is 10.9 Å². The molecule has 0 aliphatic rings. The number of nitrogen functional groups attached to an aromatic ring is 1. The van der Waals surface area contributed by atoms with Crippen LogP contribution in [-0.4, -0.2) is 14.8 Å². The van der Waals surface area contributed by atoms with Crippen molar-refractivity contribution >= 4 is 5.82 Å². The standard InChI is InChI=1S/C15H11N5/c16-8-12-9-19-20(15(12)17)13-6-7-14(18-10-13)11-4-2-1-3-5-11/h1-7,9-10H,17H2. The molecule has 0 spiro atoms. The number of nitrogens with two attached hydrogens (primary N) is 1. The van der Waals surface area contributed by atoms with Gasteiger partial charge in [-0.15, -0.1) is 0 Å². The van der Waals surface area contributed by atoms with Gasteiger partial charge in [0.2, 0.25) is 0 Å². The Balaban J connectivity index is 1.98. The van der Waals surface area contributed by atoms with E-state index in [0.717, 1.165) is 16.9 Å². The molecular weight excluding hydrogens is 250 g/mol. The predicted octanol–water partition coefficient (Wildman–Crippen LogP) is 2.39. The Labute approximate surface area is 115 Å². The van der Waals surface area contributed by atoms with E-state index >= 15 is 0 Å². The molecule has 96 valence electrons. The molecule has 5 heteroatoms. The first-order valence-corrected chi connectivity index (χ1v) is 6.05. The van der Waals surface area contributed by atoms with Gasteiger partial charge in [-0.1, -0.05) is 30.3 Å². The summed E-state index contributed by atoms with van der Waals surface area (Å²) in [7, 11) is 0. The van der Waals surface area contributed by atoms with Crippen molar-refractivity contribution in [2.75, 3.05) is 5.73 Å². The summed E-state index contributed by atoms with van der Waals surface area (Å²) >= 11 is 0. The zero-order valence-corrected chi connectivity index (χ0v) is 10.6. The Morgan fingerprint density at radius 2 is 1.85 bits per heavy atom. The molecule has 0 aliphatic carbocycles. The van der Waals surface area contributed by atoms with Gasteiger partial charge in [0.05, 0.1) is 23.8 Å². The molecule has 0 saturated heterocycles. The SMILES string of the molecule is N#Cc1cnn(-c2ccc(-c3ccccc3)nc2)c1N. The van der Waals surface area contributed by atoms with Gasteiger partial charge >= 0.3 is 0 Å². The van der Waals surface area contributed by atoms with Crippen LogP contribution in [0.25, 0.3) is 16.9 Å². The van der Waals surface area contributed by atoms with Crippen molar-refractivity contribution in [2.45, 2.75) is 0 Å². The molecule has 1 aromatic carbocycles. The van der Waals surface area contributed by atoms with Gasteiger partial charge in [0.15, 0.2) is 0 Å². The van der Waals surface area contributed by atoms with Gasteiger partial charge in [-0.05, 0) is 12.1 Å². The first-order valence-electron chi connectivity index (χ1n) is 6.05. The lowest BCUT2D eigenvalue weighted by Crippen LogP contribution is -2.03. The van der Waals surface area contributed by atoms with E-state index in [-0.39, 0.29) is 0 Å². The largest absolute Gasteiger partial charge is 0.382 e. The topological polar surface area (TPSA) is 80.5 Å². The van der Waals surface area contributed by atoms with Gasteiger partial charge in [-0.3, -0.25) is 4.98 Å². The molecule has 0 radical (unpaired) electrons. The van der Waals surface area contributed by atoms with E-state index < -0.39 is 0 Å². The van der Waals surface area contributed by atoms with Crippen LogP contribution in [0.5, 0.6) is 0 Å². The van der Waals surface area contributed by atoms with Crippen molar-refractivity contribution in [3.05, 3.63) is 60.4 Å². The fourth-order valence-corrected chi connectivity index (χ4v) is 1.94. The first-order chi connectivity index (χ1) is 9.79. The Bertz CT molecular complexity index is 766. The fraction of sp³-hybridized carbons (Fsp3) is 0. The van der Waals surface area contributed by atoms with Gasteiger partial charge in [0.25, 0.3) is 0 Å². The number of hydrogen-bond donors (Lipinski definition) is 1. The summed E-state index contributed by atoms with van der Waals surface area (Å²) in [4.78, 5) is 4.40. The number of nitrogens with zero attached hydrogens (tertiary/aromatic N) is 4. The zero-order chi connectivity index (χ0) is 13.9. The molecule has 3 rings (SSSR count). The molecule has 0 unspecified atom stereocenters. The maximum absolute atomic E-state index is 8.87. The Morgan fingerprint density at radius 3 is 2.45 bits per heavy atom. The third kappa shape index (κ3) is 1.99. The summed E-state index contributed by atoms with van der Waals surface area (Å²) in [6.45, 7) is 0. The number of anilines is 1. The average molecular weight is 261 g/mol. The summed E-state index contributed by atoms with van der Waals surface area (Å²) in [6, 6.07) is 15.7. The maximum atomic E-state index is 8.87. The second-order valence-electron chi connectivity index (χ2n) is 4.23. The Hall–Kier alpha value is -3.13. The van der Waals surface area contributed by atoms with E-state index in [2.05, 4.69) is 10.1 Å². The van der Waals surface area contributed by atoms with E-state index in [1.807, 2.05) is 48.5 Å². The molecule has 2 heterocycles. The van der Waals surface area contributed by atoms with Crippen LogP contribution in [-0.2, 0) is 0 Å². The predicted molar refractivity (Wildman–Crippen MR) is 75.9 cm³/mol. The normalized spacial score (nSPS) is 10.2. The van der Waals surface area contributed by atoms with Gasteiger partial charge in [-0.2, -0.15) is 10.4 Å². The number of pyridine rings is 1. The van der Waals surface area contributed by atoms with Gasteiger partial charge in [-0.25, -0.2) is 4.68 Å². The minimum Gasteiger partial charge on any atom is -0.382 e. The molecule has 3 aromatic rings. The van der Waals surface area contributed by atoms with Crippen molar-refractivity contribution < 1.29 is 0 Å².